The van der Waals surface area contributed by atoms with Gasteiger partial charge in [0.2, 0.25) is 0 Å². The fourth-order valence-electron chi connectivity index (χ4n) is 2.28. The van der Waals surface area contributed by atoms with E-state index in [0.717, 1.165) is 19.4 Å². The van der Waals surface area contributed by atoms with Crippen LogP contribution >= 0.6 is 11.6 Å². The number of anilines is 1. The number of halogens is 1. The molecule has 0 spiro atoms. The molecule has 5 nitrogen and oxygen atoms in total. The first kappa shape index (κ1) is 12.4. The number of hydrogen-bond acceptors (Lipinski definition) is 4. The van der Waals surface area contributed by atoms with Crippen molar-refractivity contribution in [3.05, 3.63) is 21.7 Å². The number of nitrogens with zero attached hydrogens (tertiary/aromatic N) is 2. The molecule has 1 saturated heterocycles. The van der Waals surface area contributed by atoms with E-state index < -0.39 is 0 Å². The van der Waals surface area contributed by atoms with Crippen LogP contribution in [0.25, 0.3) is 0 Å². The van der Waals surface area contributed by atoms with Crippen molar-refractivity contribution in [2.75, 3.05) is 18.0 Å². The van der Waals surface area contributed by atoms with Gasteiger partial charge in [0.15, 0.2) is 5.82 Å². The maximum Gasteiger partial charge on any atom is 0.271 e. The van der Waals surface area contributed by atoms with E-state index >= 15 is 0 Å². The Kier molecular flexibility index (Phi) is 4.02. The molecule has 2 heterocycles. The molecule has 1 fully saturated rings. The molecule has 0 saturated carbocycles. The fraction of sp³-hybridized carbons (Fsp3) is 0.636. The molecule has 0 aromatic carbocycles. The Morgan fingerprint density at radius 2 is 2.35 bits per heavy atom. The molecular formula is C11H17ClN4O. The van der Waals surface area contributed by atoms with E-state index in [1.165, 1.54) is 19.2 Å². The minimum Gasteiger partial charge on any atom is -0.351 e. The number of aromatic amines is 1. The third kappa shape index (κ3) is 2.61. The van der Waals surface area contributed by atoms with E-state index in [0.29, 0.717) is 12.4 Å². The first-order chi connectivity index (χ1) is 8.24. The molecule has 2 rings (SSSR count). The predicted octanol–water partition coefficient (Wildman–Crippen LogP) is 1.13. The minimum absolute atomic E-state index is 0.160. The Hall–Kier alpha value is -1.07. The zero-order valence-corrected chi connectivity index (χ0v) is 10.4. The summed E-state index contributed by atoms with van der Waals surface area (Å²) >= 11 is 6.01. The molecule has 17 heavy (non-hydrogen) atoms. The highest BCUT2D eigenvalue weighted by atomic mass is 35.5. The zero-order chi connectivity index (χ0) is 12.3. The van der Waals surface area contributed by atoms with Crippen LogP contribution in [0.15, 0.2) is 11.1 Å². The van der Waals surface area contributed by atoms with Crippen molar-refractivity contribution in [3.63, 3.8) is 0 Å². The summed E-state index contributed by atoms with van der Waals surface area (Å²) in [5, 5.41) is 0.160. The molecule has 1 unspecified atom stereocenters. The quantitative estimate of drug-likeness (QED) is 0.832. The fourth-order valence-corrected chi connectivity index (χ4v) is 2.49. The first-order valence-electron chi connectivity index (χ1n) is 5.94. The van der Waals surface area contributed by atoms with Gasteiger partial charge in [-0.25, -0.2) is 4.98 Å². The van der Waals surface area contributed by atoms with Crippen LogP contribution in [0.5, 0.6) is 0 Å². The molecule has 1 aromatic heterocycles. The highest BCUT2D eigenvalue weighted by Crippen LogP contribution is 2.25. The molecule has 1 atom stereocenters. The molecular weight excluding hydrogens is 240 g/mol. The van der Waals surface area contributed by atoms with Crippen LogP contribution in [-0.2, 0) is 0 Å². The molecule has 94 valence electrons. The average Bonchev–Trinajstić information content (AvgIpc) is 2.57. The lowest BCUT2D eigenvalue weighted by atomic mass is 10.1. The highest BCUT2D eigenvalue weighted by Gasteiger charge is 2.23. The van der Waals surface area contributed by atoms with Crippen molar-refractivity contribution in [2.45, 2.75) is 31.7 Å². The maximum atomic E-state index is 11.5. The van der Waals surface area contributed by atoms with Gasteiger partial charge in [-0.05, 0) is 12.8 Å². The van der Waals surface area contributed by atoms with Crippen LogP contribution in [0, 0.1) is 0 Å². The van der Waals surface area contributed by atoms with Crippen molar-refractivity contribution in [1.82, 2.24) is 9.97 Å². The lowest BCUT2D eigenvalue weighted by Gasteiger charge is -2.30. The molecule has 0 aliphatic carbocycles. The van der Waals surface area contributed by atoms with Gasteiger partial charge in [0.05, 0.1) is 6.33 Å². The summed E-state index contributed by atoms with van der Waals surface area (Å²) in [6.07, 6.45) is 5.86. The summed E-state index contributed by atoms with van der Waals surface area (Å²) in [6.45, 7) is 1.42. The Morgan fingerprint density at radius 3 is 3.12 bits per heavy atom. The second kappa shape index (κ2) is 5.51. The third-order valence-corrected chi connectivity index (χ3v) is 3.54. The van der Waals surface area contributed by atoms with Crippen molar-refractivity contribution < 1.29 is 0 Å². The van der Waals surface area contributed by atoms with Gasteiger partial charge in [-0.15, -0.1) is 0 Å². The Balaban J connectivity index is 2.35. The number of hydrogen-bond donors (Lipinski definition) is 2. The summed E-state index contributed by atoms with van der Waals surface area (Å²) < 4.78 is 0. The standard InChI is InChI=1S/C11H17ClN4O/c12-9-10(14-7-15-11(9)17)16-5-3-1-2-4-8(16)6-13/h7-8H,1-6,13H2,(H,14,15,17). The van der Waals surface area contributed by atoms with E-state index in [-0.39, 0.29) is 16.6 Å². The lowest BCUT2D eigenvalue weighted by Crippen LogP contribution is -2.41. The predicted molar refractivity (Wildman–Crippen MR) is 68.5 cm³/mol. The van der Waals surface area contributed by atoms with Crippen molar-refractivity contribution in [2.24, 2.45) is 5.73 Å². The van der Waals surface area contributed by atoms with E-state index in [2.05, 4.69) is 14.9 Å². The van der Waals surface area contributed by atoms with Crippen molar-refractivity contribution >= 4 is 17.4 Å². The van der Waals surface area contributed by atoms with E-state index in [9.17, 15) is 4.79 Å². The van der Waals surface area contributed by atoms with Crippen LogP contribution < -0.4 is 16.2 Å². The second-order valence-corrected chi connectivity index (χ2v) is 4.68. The van der Waals surface area contributed by atoms with Crippen molar-refractivity contribution in [3.8, 4) is 0 Å². The molecule has 0 amide bonds. The molecule has 1 aliphatic heterocycles. The minimum atomic E-state index is -0.295. The average molecular weight is 257 g/mol. The van der Waals surface area contributed by atoms with Gasteiger partial charge in [0, 0.05) is 19.1 Å². The summed E-state index contributed by atoms with van der Waals surface area (Å²) in [6, 6.07) is 0.226. The number of aromatic nitrogens is 2. The molecule has 6 heteroatoms. The van der Waals surface area contributed by atoms with Crippen LogP contribution in [0.4, 0.5) is 5.82 Å². The van der Waals surface area contributed by atoms with Gasteiger partial charge >= 0.3 is 0 Å². The van der Waals surface area contributed by atoms with Crippen LogP contribution in [0.1, 0.15) is 25.7 Å². The Labute approximate surface area is 105 Å². The molecule has 1 aliphatic rings. The largest absolute Gasteiger partial charge is 0.351 e. The van der Waals surface area contributed by atoms with Gasteiger partial charge in [-0.2, -0.15) is 0 Å². The molecule has 3 N–H and O–H groups in total. The monoisotopic (exact) mass is 256 g/mol. The number of nitrogens with one attached hydrogen (secondary N) is 1. The molecule has 1 aromatic rings. The summed E-state index contributed by atoms with van der Waals surface area (Å²) in [5.41, 5.74) is 5.50. The van der Waals surface area contributed by atoms with Crippen molar-refractivity contribution in [1.29, 1.82) is 0 Å². The normalized spacial score (nSPS) is 21.3. The first-order valence-corrected chi connectivity index (χ1v) is 6.31. The van der Waals surface area contributed by atoms with Gasteiger partial charge in [-0.3, -0.25) is 4.79 Å². The van der Waals surface area contributed by atoms with E-state index in [4.69, 9.17) is 17.3 Å². The topological polar surface area (TPSA) is 75.0 Å². The number of rotatable bonds is 2. The maximum absolute atomic E-state index is 11.5. The summed E-state index contributed by atoms with van der Waals surface area (Å²) in [5.74, 6) is 0.563. The van der Waals surface area contributed by atoms with Gasteiger partial charge in [0.25, 0.3) is 5.56 Å². The van der Waals surface area contributed by atoms with E-state index in [1.807, 2.05) is 0 Å². The number of nitrogens with two attached hydrogens (primary N) is 1. The summed E-state index contributed by atoms with van der Waals surface area (Å²) in [4.78, 5) is 20.2. The second-order valence-electron chi connectivity index (χ2n) is 4.30. The number of H-pyrrole nitrogens is 1. The van der Waals surface area contributed by atoms with Crippen LogP contribution in [0.3, 0.4) is 0 Å². The SMILES string of the molecule is NCC1CCCCCN1c1nc[nH]c(=O)c1Cl. The van der Waals surface area contributed by atoms with Gasteiger partial charge in [-0.1, -0.05) is 24.4 Å². The van der Waals surface area contributed by atoms with Crippen LogP contribution in [0.2, 0.25) is 5.02 Å². The van der Waals surface area contributed by atoms with Gasteiger partial charge in [0.1, 0.15) is 5.02 Å². The summed E-state index contributed by atoms with van der Waals surface area (Å²) in [7, 11) is 0. The third-order valence-electron chi connectivity index (χ3n) is 3.20. The highest BCUT2D eigenvalue weighted by molar-refractivity contribution is 6.32. The molecule has 0 radical (unpaired) electrons. The van der Waals surface area contributed by atoms with Crippen LogP contribution in [-0.4, -0.2) is 29.1 Å². The van der Waals surface area contributed by atoms with Gasteiger partial charge < -0.3 is 15.6 Å². The smallest absolute Gasteiger partial charge is 0.271 e. The Morgan fingerprint density at radius 1 is 1.53 bits per heavy atom. The lowest BCUT2D eigenvalue weighted by molar-refractivity contribution is 0.575. The zero-order valence-electron chi connectivity index (χ0n) is 9.66. The molecule has 0 bridgehead atoms. The Bertz CT molecular complexity index is 434. The van der Waals surface area contributed by atoms with E-state index in [1.54, 1.807) is 0 Å².